The Morgan fingerprint density at radius 2 is 1.96 bits per heavy atom. The summed E-state index contributed by atoms with van der Waals surface area (Å²) in [7, 11) is 0. The number of carbonyl (C=O) groups is 1. The zero-order valence-corrected chi connectivity index (χ0v) is 15.3. The molecule has 7 heteroatoms. The topological polar surface area (TPSA) is 66.7 Å². The molecular formula is C19H21N3O3S. The number of hydrogen-bond donors (Lipinski definition) is 0. The van der Waals surface area contributed by atoms with E-state index in [0.29, 0.717) is 17.8 Å². The average Bonchev–Trinajstić information content (AvgIpc) is 3.42. The van der Waals surface area contributed by atoms with Gasteiger partial charge in [0.2, 0.25) is 0 Å². The Labute approximate surface area is 156 Å². The Morgan fingerprint density at radius 1 is 1.15 bits per heavy atom. The van der Waals surface area contributed by atoms with Crippen LogP contribution in [0.2, 0.25) is 0 Å². The van der Waals surface area contributed by atoms with Crippen LogP contribution in [-0.4, -0.2) is 35.4 Å². The fraction of sp³-hybridized carbons (Fsp3) is 0.421. The Hall–Kier alpha value is -2.41. The van der Waals surface area contributed by atoms with E-state index < -0.39 is 0 Å². The van der Waals surface area contributed by atoms with Gasteiger partial charge in [-0.2, -0.15) is 0 Å². The summed E-state index contributed by atoms with van der Waals surface area (Å²) in [5, 5.41) is 13.6. The van der Waals surface area contributed by atoms with Gasteiger partial charge in [-0.1, -0.05) is 6.07 Å². The number of benzene rings is 1. The highest BCUT2D eigenvalue weighted by Crippen LogP contribution is 2.37. The molecule has 0 aliphatic carbocycles. The number of likely N-dealkylation sites (tertiary alicyclic amines) is 1. The van der Waals surface area contributed by atoms with E-state index in [4.69, 9.17) is 0 Å². The van der Waals surface area contributed by atoms with Crippen LogP contribution in [0.25, 0.3) is 0 Å². The molecule has 0 radical (unpaired) electrons. The molecule has 1 aromatic carbocycles. The predicted molar refractivity (Wildman–Crippen MR) is 102 cm³/mol. The van der Waals surface area contributed by atoms with E-state index in [1.165, 1.54) is 10.9 Å². The lowest BCUT2D eigenvalue weighted by atomic mass is 10.1. The molecule has 1 aromatic heterocycles. The third kappa shape index (κ3) is 3.07. The lowest BCUT2D eigenvalue weighted by Crippen LogP contribution is -2.30. The molecule has 2 aromatic rings. The fourth-order valence-electron chi connectivity index (χ4n) is 3.98. The quantitative estimate of drug-likeness (QED) is 0.596. The second-order valence-electron chi connectivity index (χ2n) is 6.83. The number of nitro benzene ring substituents is 1. The van der Waals surface area contributed by atoms with E-state index >= 15 is 0 Å². The molecule has 1 amide bonds. The highest BCUT2D eigenvalue weighted by molar-refractivity contribution is 7.10. The summed E-state index contributed by atoms with van der Waals surface area (Å²) >= 11 is 1.66. The van der Waals surface area contributed by atoms with E-state index in [0.717, 1.165) is 38.8 Å². The van der Waals surface area contributed by atoms with Crippen molar-refractivity contribution in [1.29, 1.82) is 0 Å². The number of nitro groups is 1. The van der Waals surface area contributed by atoms with Crippen molar-refractivity contribution in [2.45, 2.75) is 31.7 Å². The molecule has 3 heterocycles. The normalized spacial score (nSPS) is 19.9. The standard InChI is InChI=1S/C19H21N3O3S/c23-19(21-11-3-5-16(21)18-6-4-12-26-18)14-7-8-15(17(13-14)22(24)25)20-9-1-2-10-20/h4,6-8,12-13,16H,1-3,5,9-11H2. The van der Waals surface area contributed by atoms with Gasteiger partial charge < -0.3 is 9.80 Å². The van der Waals surface area contributed by atoms with Crippen molar-refractivity contribution in [2.75, 3.05) is 24.5 Å². The van der Waals surface area contributed by atoms with E-state index in [2.05, 4.69) is 6.07 Å². The van der Waals surface area contributed by atoms with Gasteiger partial charge >= 0.3 is 0 Å². The second kappa shape index (κ2) is 7.07. The molecule has 0 saturated carbocycles. The molecule has 2 fully saturated rings. The summed E-state index contributed by atoms with van der Waals surface area (Å²) in [5.41, 5.74) is 1.06. The lowest BCUT2D eigenvalue weighted by Gasteiger charge is -2.24. The average molecular weight is 371 g/mol. The van der Waals surface area contributed by atoms with Crippen LogP contribution < -0.4 is 4.90 Å². The van der Waals surface area contributed by atoms with Gasteiger partial charge in [0.15, 0.2) is 0 Å². The Bertz CT molecular complexity index is 815. The van der Waals surface area contributed by atoms with Crippen LogP contribution >= 0.6 is 11.3 Å². The van der Waals surface area contributed by atoms with Crippen LogP contribution in [0.4, 0.5) is 11.4 Å². The molecule has 0 bridgehead atoms. The van der Waals surface area contributed by atoms with Crippen LogP contribution in [0.5, 0.6) is 0 Å². The van der Waals surface area contributed by atoms with Crippen molar-refractivity contribution in [3.63, 3.8) is 0 Å². The third-order valence-electron chi connectivity index (χ3n) is 5.25. The molecule has 1 unspecified atom stereocenters. The summed E-state index contributed by atoms with van der Waals surface area (Å²) in [6, 6.07) is 9.08. The number of nitrogens with zero attached hydrogens (tertiary/aromatic N) is 3. The van der Waals surface area contributed by atoms with Gasteiger partial charge in [0.25, 0.3) is 11.6 Å². The van der Waals surface area contributed by atoms with Gasteiger partial charge in [0.1, 0.15) is 5.69 Å². The molecule has 6 nitrogen and oxygen atoms in total. The maximum Gasteiger partial charge on any atom is 0.293 e. The van der Waals surface area contributed by atoms with Crippen LogP contribution in [-0.2, 0) is 0 Å². The third-order valence-corrected chi connectivity index (χ3v) is 6.22. The van der Waals surface area contributed by atoms with Gasteiger partial charge in [-0.15, -0.1) is 11.3 Å². The zero-order chi connectivity index (χ0) is 18.1. The SMILES string of the molecule is O=C(c1ccc(N2CCCC2)c([N+](=O)[O-])c1)N1CCCC1c1cccs1. The minimum atomic E-state index is -0.370. The molecule has 0 spiro atoms. The van der Waals surface area contributed by atoms with Crippen LogP contribution in [0.3, 0.4) is 0 Å². The monoisotopic (exact) mass is 371 g/mol. The maximum atomic E-state index is 13.1. The Kier molecular flexibility index (Phi) is 4.63. The van der Waals surface area contributed by atoms with Crippen molar-refractivity contribution in [3.8, 4) is 0 Å². The van der Waals surface area contributed by atoms with E-state index in [1.807, 2.05) is 21.2 Å². The maximum absolute atomic E-state index is 13.1. The van der Waals surface area contributed by atoms with Gasteiger partial charge in [0, 0.05) is 36.1 Å². The summed E-state index contributed by atoms with van der Waals surface area (Å²) in [6.45, 7) is 2.37. The molecule has 4 rings (SSSR count). The summed E-state index contributed by atoms with van der Waals surface area (Å²) in [6.07, 6.45) is 4.00. The number of anilines is 1. The van der Waals surface area contributed by atoms with Gasteiger partial charge in [-0.25, -0.2) is 0 Å². The van der Waals surface area contributed by atoms with Gasteiger partial charge in [-0.05, 0) is 49.3 Å². The molecule has 26 heavy (non-hydrogen) atoms. The molecule has 2 aliphatic rings. The Morgan fingerprint density at radius 3 is 2.65 bits per heavy atom. The molecule has 2 aliphatic heterocycles. The Balaban J connectivity index is 1.63. The van der Waals surface area contributed by atoms with Gasteiger partial charge in [0.05, 0.1) is 11.0 Å². The van der Waals surface area contributed by atoms with Crippen LogP contribution in [0, 0.1) is 10.1 Å². The number of amides is 1. The van der Waals surface area contributed by atoms with Crippen molar-refractivity contribution >= 4 is 28.6 Å². The van der Waals surface area contributed by atoms with E-state index in [9.17, 15) is 14.9 Å². The van der Waals surface area contributed by atoms with Gasteiger partial charge in [-0.3, -0.25) is 14.9 Å². The number of hydrogen-bond acceptors (Lipinski definition) is 5. The highest BCUT2D eigenvalue weighted by atomic mass is 32.1. The lowest BCUT2D eigenvalue weighted by molar-refractivity contribution is -0.384. The molecule has 2 saturated heterocycles. The van der Waals surface area contributed by atoms with Crippen molar-refractivity contribution in [2.24, 2.45) is 0 Å². The first-order chi connectivity index (χ1) is 12.6. The van der Waals surface area contributed by atoms with Crippen LogP contribution in [0.15, 0.2) is 35.7 Å². The second-order valence-corrected chi connectivity index (χ2v) is 7.81. The number of rotatable bonds is 4. The van der Waals surface area contributed by atoms with Crippen LogP contribution in [0.1, 0.15) is 47.0 Å². The van der Waals surface area contributed by atoms with E-state index in [1.54, 1.807) is 23.5 Å². The first-order valence-electron chi connectivity index (χ1n) is 9.03. The van der Waals surface area contributed by atoms with Crippen molar-refractivity contribution in [3.05, 3.63) is 56.3 Å². The number of carbonyl (C=O) groups excluding carboxylic acids is 1. The molecule has 136 valence electrons. The summed E-state index contributed by atoms with van der Waals surface area (Å²) in [5.74, 6) is -0.114. The zero-order valence-electron chi connectivity index (χ0n) is 14.5. The van der Waals surface area contributed by atoms with E-state index in [-0.39, 0.29) is 22.6 Å². The fourth-order valence-corrected chi connectivity index (χ4v) is 4.85. The molecule has 0 N–H and O–H groups in total. The minimum Gasteiger partial charge on any atom is -0.366 e. The smallest absolute Gasteiger partial charge is 0.293 e. The van der Waals surface area contributed by atoms with Crippen molar-refractivity contribution in [1.82, 2.24) is 4.90 Å². The summed E-state index contributed by atoms with van der Waals surface area (Å²) in [4.78, 5) is 29.3. The molecular weight excluding hydrogens is 350 g/mol. The predicted octanol–water partition coefficient (Wildman–Crippen LogP) is 4.23. The summed E-state index contributed by atoms with van der Waals surface area (Å²) < 4.78 is 0. The number of thiophene rings is 1. The largest absolute Gasteiger partial charge is 0.366 e. The molecule has 1 atom stereocenters. The van der Waals surface area contributed by atoms with Crippen molar-refractivity contribution < 1.29 is 9.72 Å². The highest BCUT2D eigenvalue weighted by Gasteiger charge is 2.32. The first kappa shape index (κ1) is 17.0. The first-order valence-corrected chi connectivity index (χ1v) is 9.91. The minimum absolute atomic E-state index is 0.0321.